The zero-order valence-corrected chi connectivity index (χ0v) is 6.48. The Morgan fingerprint density at radius 3 is 2.55 bits per heavy atom. The van der Waals surface area contributed by atoms with Crippen LogP contribution in [0.4, 0.5) is 4.39 Å². The minimum absolute atomic E-state index is 0.0162. The Kier molecular flexibility index (Phi) is 1.70. The number of amides is 2. The number of carbonyl (C=O) groups excluding carboxylic acids is 2. The second-order valence-corrected chi connectivity index (χ2v) is 3.37. The molecule has 3 nitrogen and oxygen atoms in total. The minimum atomic E-state index is -1.54. The molecule has 0 aromatic rings. The fraction of sp³-hybridized carbons (Fsp3) is 0.714. The Morgan fingerprint density at radius 2 is 2.09 bits per heavy atom. The Labute approximate surface area is 64.0 Å². The number of hydrogen-bond donors (Lipinski definition) is 1. The van der Waals surface area contributed by atoms with Crippen LogP contribution in [0.1, 0.15) is 20.3 Å². The molecule has 1 aliphatic rings. The highest BCUT2D eigenvalue weighted by atomic mass is 19.1. The predicted molar refractivity (Wildman–Crippen MR) is 36.4 cm³/mol. The van der Waals surface area contributed by atoms with Crippen LogP contribution in [0.15, 0.2) is 0 Å². The van der Waals surface area contributed by atoms with Crippen LogP contribution in [0.5, 0.6) is 0 Å². The zero-order valence-electron chi connectivity index (χ0n) is 6.48. The number of halogens is 1. The van der Waals surface area contributed by atoms with E-state index in [4.69, 9.17) is 0 Å². The van der Waals surface area contributed by atoms with Gasteiger partial charge in [-0.1, -0.05) is 13.8 Å². The highest BCUT2D eigenvalue weighted by molar-refractivity contribution is 6.02. The standard InChI is InChI=1S/C7H10FNO2/c1-7(2)3-4(8)5(10)9-6(7)11/h4H,3H2,1-2H3,(H,9,10,11). The van der Waals surface area contributed by atoms with E-state index in [0.29, 0.717) is 0 Å². The monoisotopic (exact) mass is 159 g/mol. The maximum absolute atomic E-state index is 12.7. The van der Waals surface area contributed by atoms with E-state index in [0.717, 1.165) is 0 Å². The van der Waals surface area contributed by atoms with Crippen LogP contribution in [-0.4, -0.2) is 18.0 Å². The van der Waals surface area contributed by atoms with Crippen LogP contribution < -0.4 is 5.32 Å². The summed E-state index contributed by atoms with van der Waals surface area (Å²) in [6, 6.07) is 0. The van der Waals surface area contributed by atoms with Gasteiger partial charge in [-0.3, -0.25) is 14.9 Å². The molecule has 1 N–H and O–H groups in total. The Hall–Kier alpha value is -0.930. The fourth-order valence-corrected chi connectivity index (χ4v) is 0.993. The average molecular weight is 159 g/mol. The number of rotatable bonds is 0. The summed E-state index contributed by atoms with van der Waals surface area (Å²) in [5.41, 5.74) is -0.757. The first kappa shape index (κ1) is 8.17. The van der Waals surface area contributed by atoms with Crippen molar-refractivity contribution in [2.45, 2.75) is 26.4 Å². The number of alkyl halides is 1. The van der Waals surface area contributed by atoms with Crippen LogP contribution in [0.25, 0.3) is 0 Å². The molecule has 2 amide bonds. The van der Waals surface area contributed by atoms with Gasteiger partial charge in [-0.15, -0.1) is 0 Å². The number of hydrogen-bond acceptors (Lipinski definition) is 2. The number of carbonyl (C=O) groups is 2. The molecule has 0 aliphatic carbocycles. The lowest BCUT2D eigenvalue weighted by molar-refractivity contribution is -0.144. The molecule has 0 spiro atoms. The molecule has 4 heteroatoms. The molecule has 1 rings (SSSR count). The summed E-state index contributed by atoms with van der Waals surface area (Å²) in [5.74, 6) is -1.20. The molecule has 0 aromatic carbocycles. The number of nitrogens with one attached hydrogen (secondary N) is 1. The SMILES string of the molecule is CC1(C)CC(F)C(=O)NC1=O. The minimum Gasteiger partial charge on any atom is -0.293 e. The smallest absolute Gasteiger partial charge is 0.261 e. The molecule has 1 fully saturated rings. The van der Waals surface area contributed by atoms with Crippen molar-refractivity contribution in [3.8, 4) is 0 Å². The maximum Gasteiger partial charge on any atom is 0.261 e. The van der Waals surface area contributed by atoms with Crippen molar-refractivity contribution in [2.24, 2.45) is 5.41 Å². The third-order valence-corrected chi connectivity index (χ3v) is 1.83. The maximum atomic E-state index is 12.7. The van der Waals surface area contributed by atoms with Crippen molar-refractivity contribution in [2.75, 3.05) is 0 Å². The lowest BCUT2D eigenvalue weighted by atomic mass is 9.83. The van der Waals surface area contributed by atoms with E-state index in [2.05, 4.69) is 0 Å². The van der Waals surface area contributed by atoms with Gasteiger partial charge >= 0.3 is 0 Å². The summed E-state index contributed by atoms with van der Waals surface area (Å²) in [6.45, 7) is 3.22. The van der Waals surface area contributed by atoms with E-state index in [1.807, 2.05) is 5.32 Å². The van der Waals surface area contributed by atoms with Crippen LogP contribution in [-0.2, 0) is 9.59 Å². The van der Waals surface area contributed by atoms with Gasteiger partial charge in [-0.05, 0) is 0 Å². The van der Waals surface area contributed by atoms with Gasteiger partial charge in [0.1, 0.15) is 0 Å². The van der Waals surface area contributed by atoms with Gasteiger partial charge in [0.2, 0.25) is 5.91 Å². The van der Waals surface area contributed by atoms with Crippen molar-refractivity contribution in [3.63, 3.8) is 0 Å². The van der Waals surface area contributed by atoms with Gasteiger partial charge in [-0.25, -0.2) is 4.39 Å². The van der Waals surface area contributed by atoms with E-state index < -0.39 is 23.4 Å². The van der Waals surface area contributed by atoms with Crippen molar-refractivity contribution in [1.29, 1.82) is 0 Å². The highest BCUT2D eigenvalue weighted by Crippen LogP contribution is 2.27. The van der Waals surface area contributed by atoms with Gasteiger partial charge in [0.25, 0.3) is 5.91 Å². The first-order chi connectivity index (χ1) is 4.93. The van der Waals surface area contributed by atoms with Crippen molar-refractivity contribution < 1.29 is 14.0 Å². The van der Waals surface area contributed by atoms with Gasteiger partial charge in [0.05, 0.1) is 0 Å². The quantitative estimate of drug-likeness (QED) is 0.520. The molecule has 1 unspecified atom stereocenters. The lowest BCUT2D eigenvalue weighted by Crippen LogP contribution is -2.51. The van der Waals surface area contributed by atoms with E-state index in [-0.39, 0.29) is 6.42 Å². The summed E-state index contributed by atoms with van der Waals surface area (Å²) in [7, 11) is 0. The second kappa shape index (κ2) is 2.29. The largest absolute Gasteiger partial charge is 0.293 e. The van der Waals surface area contributed by atoms with E-state index in [1.165, 1.54) is 0 Å². The number of piperidine rings is 1. The van der Waals surface area contributed by atoms with Gasteiger partial charge in [0, 0.05) is 11.8 Å². The molecule has 0 saturated carbocycles. The van der Waals surface area contributed by atoms with E-state index in [9.17, 15) is 14.0 Å². The van der Waals surface area contributed by atoms with E-state index in [1.54, 1.807) is 13.8 Å². The summed E-state index contributed by atoms with van der Waals surface area (Å²) >= 11 is 0. The molecule has 11 heavy (non-hydrogen) atoms. The first-order valence-electron chi connectivity index (χ1n) is 3.43. The van der Waals surface area contributed by atoms with Gasteiger partial charge < -0.3 is 0 Å². The molecule has 1 saturated heterocycles. The highest BCUT2D eigenvalue weighted by Gasteiger charge is 2.40. The normalized spacial score (nSPS) is 29.9. The molecular formula is C7H10FNO2. The number of imide groups is 1. The summed E-state index contributed by atoms with van der Waals surface area (Å²) < 4.78 is 12.7. The molecule has 1 aliphatic heterocycles. The second-order valence-electron chi connectivity index (χ2n) is 3.37. The Bertz CT molecular complexity index is 212. The molecule has 1 heterocycles. The summed E-state index contributed by atoms with van der Waals surface area (Å²) in [6.07, 6.45) is -1.56. The summed E-state index contributed by atoms with van der Waals surface area (Å²) in [4.78, 5) is 21.6. The summed E-state index contributed by atoms with van der Waals surface area (Å²) in [5, 5.41) is 1.97. The Balaban J connectivity index is 2.79. The molecule has 0 radical (unpaired) electrons. The van der Waals surface area contributed by atoms with Crippen molar-refractivity contribution >= 4 is 11.8 Å². The fourth-order valence-electron chi connectivity index (χ4n) is 0.993. The van der Waals surface area contributed by atoms with Gasteiger partial charge in [0.15, 0.2) is 6.17 Å². The van der Waals surface area contributed by atoms with Crippen molar-refractivity contribution in [1.82, 2.24) is 5.32 Å². The molecule has 0 aromatic heterocycles. The van der Waals surface area contributed by atoms with E-state index >= 15 is 0 Å². The average Bonchev–Trinajstić information content (AvgIpc) is 1.83. The third-order valence-electron chi connectivity index (χ3n) is 1.83. The van der Waals surface area contributed by atoms with Crippen LogP contribution in [0.2, 0.25) is 0 Å². The van der Waals surface area contributed by atoms with Crippen LogP contribution in [0.3, 0.4) is 0 Å². The van der Waals surface area contributed by atoms with Crippen molar-refractivity contribution in [3.05, 3.63) is 0 Å². The molecular weight excluding hydrogens is 149 g/mol. The molecule has 62 valence electrons. The Morgan fingerprint density at radius 1 is 1.55 bits per heavy atom. The lowest BCUT2D eigenvalue weighted by Gasteiger charge is -2.29. The molecule has 1 atom stereocenters. The third kappa shape index (κ3) is 1.39. The molecule has 0 bridgehead atoms. The van der Waals surface area contributed by atoms with Crippen LogP contribution >= 0.6 is 0 Å². The topological polar surface area (TPSA) is 46.2 Å². The zero-order chi connectivity index (χ0) is 8.65. The first-order valence-corrected chi connectivity index (χ1v) is 3.43. The predicted octanol–water partition coefficient (Wildman–Crippen LogP) is 0.397. The van der Waals surface area contributed by atoms with Gasteiger partial charge in [-0.2, -0.15) is 0 Å². The van der Waals surface area contributed by atoms with Crippen LogP contribution in [0, 0.1) is 5.41 Å².